The summed E-state index contributed by atoms with van der Waals surface area (Å²) in [6.45, 7) is 2.27. The molecule has 4 rings (SSSR count). The molecule has 0 aliphatic carbocycles. The lowest BCUT2D eigenvalue weighted by molar-refractivity contribution is -0.106. The van der Waals surface area contributed by atoms with E-state index in [9.17, 15) is 21.6 Å². The number of piperidine rings is 1. The molecule has 1 fully saturated rings. The highest BCUT2D eigenvalue weighted by molar-refractivity contribution is 7.89. The molecule has 3 aromatic rings. The first-order chi connectivity index (χ1) is 13.6. The van der Waals surface area contributed by atoms with E-state index in [-0.39, 0.29) is 12.6 Å². The molecule has 156 valence electrons. The molecule has 1 saturated heterocycles. The van der Waals surface area contributed by atoms with E-state index < -0.39 is 28.0 Å². The maximum Gasteiger partial charge on any atom is 0.404 e. The second-order valence-corrected chi connectivity index (χ2v) is 9.14. The van der Waals surface area contributed by atoms with Crippen molar-refractivity contribution in [2.45, 2.75) is 38.0 Å². The zero-order chi connectivity index (χ0) is 20.8. The minimum atomic E-state index is -4.78. The number of fused-ring (bicyclic) bond motifs is 3. The van der Waals surface area contributed by atoms with Crippen LogP contribution in [0.5, 0.6) is 0 Å². The molecule has 11 heteroatoms. The van der Waals surface area contributed by atoms with Crippen LogP contribution in [0, 0.1) is 0 Å². The summed E-state index contributed by atoms with van der Waals surface area (Å²) in [5.74, 6) is -1.88. The average Bonchev–Trinajstić information content (AvgIpc) is 3.09. The molecule has 0 saturated carbocycles. The van der Waals surface area contributed by atoms with Gasteiger partial charge in [0.25, 0.3) is 0 Å². The fourth-order valence-corrected chi connectivity index (χ4v) is 5.14. The van der Waals surface area contributed by atoms with Crippen molar-refractivity contribution in [3.05, 3.63) is 30.9 Å². The van der Waals surface area contributed by atoms with E-state index in [2.05, 4.69) is 19.7 Å². The zero-order valence-corrected chi connectivity index (χ0v) is 16.4. The van der Waals surface area contributed by atoms with Gasteiger partial charge in [0.2, 0.25) is 10.0 Å². The van der Waals surface area contributed by atoms with Crippen LogP contribution < -0.4 is 9.62 Å². The lowest BCUT2D eigenvalue weighted by atomic mass is 9.98. The quantitative estimate of drug-likeness (QED) is 0.668. The summed E-state index contributed by atoms with van der Waals surface area (Å²) >= 11 is 0. The number of nitrogens with zero attached hydrogens (tertiary/aromatic N) is 3. The molecular weight excluding hydrogens is 407 g/mol. The molecule has 0 radical (unpaired) electrons. The molecule has 0 bridgehead atoms. The van der Waals surface area contributed by atoms with Gasteiger partial charge in [0, 0.05) is 53.4 Å². The van der Waals surface area contributed by atoms with Crippen LogP contribution >= 0.6 is 0 Å². The Bertz CT molecular complexity index is 1150. The molecule has 0 aromatic carbocycles. The highest BCUT2D eigenvalue weighted by Gasteiger charge is 2.37. The maximum atomic E-state index is 12.6. The second-order valence-electron chi connectivity index (χ2n) is 7.39. The number of sulfonamides is 1. The average molecular weight is 427 g/mol. The summed E-state index contributed by atoms with van der Waals surface area (Å²) in [5, 5.41) is 2.67. The van der Waals surface area contributed by atoms with Gasteiger partial charge in [-0.05, 0) is 25.8 Å². The number of H-pyrrole nitrogens is 1. The molecule has 0 spiro atoms. The van der Waals surface area contributed by atoms with Gasteiger partial charge in [0.1, 0.15) is 5.65 Å². The monoisotopic (exact) mass is 427 g/mol. The highest BCUT2D eigenvalue weighted by atomic mass is 32.2. The fourth-order valence-electron chi connectivity index (χ4n) is 3.93. The van der Waals surface area contributed by atoms with Crippen molar-refractivity contribution in [2.24, 2.45) is 0 Å². The zero-order valence-electron chi connectivity index (χ0n) is 15.6. The number of aromatic amines is 1. The van der Waals surface area contributed by atoms with Gasteiger partial charge in [-0.25, -0.2) is 18.1 Å². The number of halogens is 3. The molecule has 3 aromatic heterocycles. The number of alkyl halides is 3. The maximum absolute atomic E-state index is 12.6. The molecule has 2 atom stereocenters. The number of pyridine rings is 2. The van der Waals surface area contributed by atoms with Crippen LogP contribution in [0.3, 0.4) is 0 Å². The van der Waals surface area contributed by atoms with E-state index in [1.54, 1.807) is 24.8 Å². The Hall–Kier alpha value is -2.40. The van der Waals surface area contributed by atoms with E-state index in [4.69, 9.17) is 0 Å². The third kappa shape index (κ3) is 4.15. The van der Waals surface area contributed by atoms with E-state index in [1.807, 2.05) is 17.9 Å². The van der Waals surface area contributed by atoms with Crippen LogP contribution in [0.2, 0.25) is 0 Å². The Kier molecular flexibility index (Phi) is 4.89. The van der Waals surface area contributed by atoms with Gasteiger partial charge in [-0.15, -0.1) is 0 Å². The summed E-state index contributed by atoms with van der Waals surface area (Å²) < 4.78 is 63.7. The summed E-state index contributed by atoms with van der Waals surface area (Å²) in [7, 11) is -4.46. The summed E-state index contributed by atoms with van der Waals surface area (Å²) in [4.78, 5) is 13.7. The Morgan fingerprint density at radius 2 is 2.07 bits per heavy atom. The Balaban J connectivity index is 1.67. The van der Waals surface area contributed by atoms with Crippen molar-refractivity contribution >= 4 is 37.5 Å². The van der Waals surface area contributed by atoms with Crippen molar-refractivity contribution in [1.29, 1.82) is 0 Å². The van der Waals surface area contributed by atoms with Crippen molar-refractivity contribution in [3.8, 4) is 0 Å². The van der Waals surface area contributed by atoms with Crippen LogP contribution in [0.15, 0.2) is 30.9 Å². The second kappa shape index (κ2) is 7.13. The van der Waals surface area contributed by atoms with Crippen LogP contribution in [-0.2, 0) is 10.0 Å². The van der Waals surface area contributed by atoms with Crippen molar-refractivity contribution in [3.63, 3.8) is 0 Å². The molecule has 1 aliphatic heterocycles. The van der Waals surface area contributed by atoms with Gasteiger partial charge >= 0.3 is 6.18 Å². The lowest BCUT2D eigenvalue weighted by Gasteiger charge is -2.40. The molecule has 4 heterocycles. The Morgan fingerprint density at radius 1 is 1.28 bits per heavy atom. The predicted molar refractivity (Wildman–Crippen MR) is 104 cm³/mol. The van der Waals surface area contributed by atoms with Gasteiger partial charge in [0.15, 0.2) is 5.75 Å². The van der Waals surface area contributed by atoms with E-state index in [1.165, 1.54) is 0 Å². The normalized spacial score (nSPS) is 21.2. The Labute approximate surface area is 165 Å². The number of nitrogens with one attached hydrogen (secondary N) is 2. The number of aromatic nitrogens is 3. The smallest absolute Gasteiger partial charge is 0.365 e. The lowest BCUT2D eigenvalue weighted by Crippen LogP contribution is -2.52. The number of rotatable bonds is 4. The van der Waals surface area contributed by atoms with Crippen LogP contribution in [0.25, 0.3) is 21.8 Å². The topological polar surface area (TPSA) is 91.0 Å². The van der Waals surface area contributed by atoms with Crippen molar-refractivity contribution in [2.75, 3.05) is 17.2 Å². The van der Waals surface area contributed by atoms with E-state index in [0.29, 0.717) is 12.8 Å². The van der Waals surface area contributed by atoms with Gasteiger partial charge in [0.05, 0.1) is 11.9 Å². The van der Waals surface area contributed by atoms with Crippen LogP contribution in [-0.4, -0.2) is 53.9 Å². The van der Waals surface area contributed by atoms with Gasteiger partial charge in [-0.1, -0.05) is 0 Å². The summed E-state index contributed by atoms with van der Waals surface area (Å²) in [5.41, 5.74) is 1.53. The molecule has 0 amide bonds. The molecule has 2 unspecified atom stereocenters. The van der Waals surface area contributed by atoms with E-state index in [0.717, 1.165) is 27.5 Å². The van der Waals surface area contributed by atoms with Gasteiger partial charge < -0.3 is 9.88 Å². The van der Waals surface area contributed by atoms with Gasteiger partial charge in [-0.3, -0.25) is 4.98 Å². The van der Waals surface area contributed by atoms with Crippen LogP contribution in [0.1, 0.15) is 19.8 Å². The van der Waals surface area contributed by atoms with E-state index >= 15 is 0 Å². The first kappa shape index (κ1) is 19.9. The number of hydrogen-bond donors (Lipinski definition) is 2. The third-order valence-electron chi connectivity index (χ3n) is 5.17. The summed E-state index contributed by atoms with van der Waals surface area (Å²) in [6, 6.07) is 1.37. The molecule has 29 heavy (non-hydrogen) atoms. The molecule has 2 N–H and O–H groups in total. The SMILES string of the molecule is CC1CCC(NS(=O)(=O)CC(F)(F)F)CN1c1cncc2cnc3[nH]ccc3c12. The number of hydrogen-bond acceptors (Lipinski definition) is 5. The van der Waals surface area contributed by atoms with Gasteiger partial charge in [-0.2, -0.15) is 13.2 Å². The minimum absolute atomic E-state index is 0.0768. The minimum Gasteiger partial charge on any atom is -0.365 e. The highest BCUT2D eigenvalue weighted by Crippen LogP contribution is 2.34. The fraction of sp³-hybridized carbons (Fsp3) is 0.444. The summed E-state index contributed by atoms with van der Waals surface area (Å²) in [6.07, 6.45) is 3.23. The first-order valence-corrected chi connectivity index (χ1v) is 10.8. The largest absolute Gasteiger partial charge is 0.404 e. The molecule has 7 nitrogen and oxygen atoms in total. The standard InChI is InChI=1S/C18H20F3N5O2S/c1-11-2-3-13(25-29(27,28)10-18(19,20)21)9-26(11)15-8-22-6-12-7-24-17-14(16(12)15)4-5-23-17/h4-8,11,13,25H,2-3,9-10H2,1H3,(H,23,24). The molecule has 1 aliphatic rings. The third-order valence-corrected chi connectivity index (χ3v) is 6.57. The van der Waals surface area contributed by atoms with Crippen molar-refractivity contribution in [1.82, 2.24) is 19.7 Å². The molecular formula is C18H20F3N5O2S. The number of anilines is 1. The van der Waals surface area contributed by atoms with Crippen molar-refractivity contribution < 1.29 is 21.6 Å². The van der Waals surface area contributed by atoms with Crippen LogP contribution in [0.4, 0.5) is 18.9 Å². The Morgan fingerprint density at radius 3 is 2.83 bits per heavy atom. The predicted octanol–water partition coefficient (Wildman–Crippen LogP) is 2.95. The first-order valence-electron chi connectivity index (χ1n) is 9.16.